The number of nitrogens with one attached hydrogen (secondary N) is 1. The number of carbonyl (C=O) groups excluding carboxylic acids is 1. The van der Waals surface area contributed by atoms with Gasteiger partial charge in [-0.2, -0.15) is 0 Å². The zero-order chi connectivity index (χ0) is 14.6. The van der Waals surface area contributed by atoms with Crippen molar-refractivity contribution in [2.45, 2.75) is 25.8 Å². The first-order chi connectivity index (χ1) is 8.86. The number of nitrogens with two attached hydrogens (primary N) is 1. The standard InChI is InChI=1S/C14H23N3O2/c1-9(2)11-8-10(6-7-12(11)19-5)13(15)14(18)16-17(3)4/h6-9,13H,15H2,1-5H3,(H,16,18). The second-order valence-corrected chi connectivity index (χ2v) is 5.00. The van der Waals surface area contributed by atoms with E-state index >= 15 is 0 Å². The van der Waals surface area contributed by atoms with Crippen molar-refractivity contribution in [1.82, 2.24) is 10.4 Å². The van der Waals surface area contributed by atoms with E-state index in [0.717, 1.165) is 16.9 Å². The van der Waals surface area contributed by atoms with Crippen molar-refractivity contribution >= 4 is 5.91 Å². The van der Waals surface area contributed by atoms with Crippen LogP contribution in [0.5, 0.6) is 5.75 Å². The van der Waals surface area contributed by atoms with Crippen LogP contribution in [0.15, 0.2) is 18.2 Å². The van der Waals surface area contributed by atoms with Gasteiger partial charge in [-0.3, -0.25) is 10.2 Å². The molecule has 5 nitrogen and oxygen atoms in total. The lowest BCUT2D eigenvalue weighted by Crippen LogP contribution is -2.42. The van der Waals surface area contributed by atoms with Crippen LogP contribution in [0.25, 0.3) is 0 Å². The number of methoxy groups -OCH3 is 1. The average Bonchev–Trinajstić information content (AvgIpc) is 2.36. The summed E-state index contributed by atoms with van der Waals surface area (Å²) in [5, 5.41) is 1.58. The molecule has 1 rings (SSSR count). The number of rotatable bonds is 5. The van der Waals surface area contributed by atoms with Crippen LogP contribution in [0.2, 0.25) is 0 Å². The summed E-state index contributed by atoms with van der Waals surface area (Å²) < 4.78 is 5.32. The molecule has 1 unspecified atom stereocenters. The highest BCUT2D eigenvalue weighted by molar-refractivity contribution is 5.82. The smallest absolute Gasteiger partial charge is 0.255 e. The van der Waals surface area contributed by atoms with Crippen LogP contribution in [0.3, 0.4) is 0 Å². The Bertz CT molecular complexity index is 444. The predicted octanol–water partition coefficient (Wildman–Crippen LogP) is 1.41. The Balaban J connectivity index is 3.01. The molecule has 1 aromatic rings. The van der Waals surface area contributed by atoms with E-state index in [9.17, 15) is 4.79 Å². The number of amides is 1. The molecule has 5 heteroatoms. The first-order valence-corrected chi connectivity index (χ1v) is 6.28. The van der Waals surface area contributed by atoms with E-state index in [1.807, 2.05) is 18.2 Å². The minimum absolute atomic E-state index is 0.232. The Morgan fingerprint density at radius 2 is 2.00 bits per heavy atom. The molecule has 0 fully saturated rings. The van der Waals surface area contributed by atoms with Gasteiger partial charge < -0.3 is 10.5 Å². The summed E-state index contributed by atoms with van der Waals surface area (Å²) in [6.45, 7) is 4.15. The van der Waals surface area contributed by atoms with Gasteiger partial charge in [0.05, 0.1) is 7.11 Å². The van der Waals surface area contributed by atoms with Crippen molar-refractivity contribution in [3.05, 3.63) is 29.3 Å². The number of nitrogens with zero attached hydrogens (tertiary/aromatic N) is 1. The fourth-order valence-corrected chi connectivity index (χ4v) is 1.84. The lowest BCUT2D eigenvalue weighted by atomic mass is 9.96. The van der Waals surface area contributed by atoms with Crippen molar-refractivity contribution in [3.63, 3.8) is 0 Å². The lowest BCUT2D eigenvalue weighted by molar-refractivity contribution is -0.126. The molecule has 0 saturated carbocycles. The molecule has 19 heavy (non-hydrogen) atoms. The number of hydrazine groups is 1. The predicted molar refractivity (Wildman–Crippen MR) is 75.8 cm³/mol. The molecule has 0 bridgehead atoms. The van der Waals surface area contributed by atoms with E-state index < -0.39 is 6.04 Å². The van der Waals surface area contributed by atoms with Crippen molar-refractivity contribution < 1.29 is 9.53 Å². The Morgan fingerprint density at radius 3 is 2.47 bits per heavy atom. The maximum atomic E-state index is 11.9. The monoisotopic (exact) mass is 265 g/mol. The zero-order valence-corrected chi connectivity index (χ0v) is 12.2. The lowest BCUT2D eigenvalue weighted by Gasteiger charge is -2.19. The number of carbonyl (C=O) groups is 1. The highest BCUT2D eigenvalue weighted by Gasteiger charge is 2.18. The maximum Gasteiger partial charge on any atom is 0.255 e. The molecule has 1 aromatic carbocycles. The number of hydrogen-bond acceptors (Lipinski definition) is 4. The Morgan fingerprint density at radius 1 is 1.37 bits per heavy atom. The molecule has 106 valence electrons. The van der Waals surface area contributed by atoms with Crippen LogP contribution in [-0.2, 0) is 4.79 Å². The zero-order valence-electron chi connectivity index (χ0n) is 12.2. The molecule has 0 aliphatic rings. The van der Waals surface area contributed by atoms with E-state index in [0.29, 0.717) is 5.92 Å². The Hall–Kier alpha value is -1.59. The van der Waals surface area contributed by atoms with Crippen LogP contribution in [0.4, 0.5) is 0 Å². The van der Waals surface area contributed by atoms with Crippen molar-refractivity contribution in [3.8, 4) is 5.75 Å². The van der Waals surface area contributed by atoms with Gasteiger partial charge in [-0.05, 0) is 29.2 Å². The van der Waals surface area contributed by atoms with Gasteiger partial charge in [0.1, 0.15) is 11.8 Å². The van der Waals surface area contributed by atoms with E-state index in [1.54, 1.807) is 26.2 Å². The molecule has 0 radical (unpaired) electrons. The molecule has 0 aliphatic carbocycles. The van der Waals surface area contributed by atoms with Crippen LogP contribution in [-0.4, -0.2) is 32.1 Å². The minimum atomic E-state index is -0.689. The molecule has 0 saturated heterocycles. The summed E-state index contributed by atoms with van der Waals surface area (Å²) in [5.41, 5.74) is 10.5. The van der Waals surface area contributed by atoms with Gasteiger partial charge in [0, 0.05) is 14.1 Å². The Kier molecular flexibility index (Phi) is 5.32. The minimum Gasteiger partial charge on any atom is -0.496 e. The van der Waals surface area contributed by atoms with Gasteiger partial charge in [0.2, 0.25) is 0 Å². The van der Waals surface area contributed by atoms with Crippen molar-refractivity contribution in [2.75, 3.05) is 21.2 Å². The molecule has 0 aromatic heterocycles. The third-order valence-corrected chi connectivity index (χ3v) is 2.85. The normalized spacial score (nSPS) is 12.6. The number of ether oxygens (including phenoxy) is 1. The SMILES string of the molecule is COc1ccc(C(N)C(=O)NN(C)C)cc1C(C)C. The maximum absolute atomic E-state index is 11.9. The number of hydrogen-bond donors (Lipinski definition) is 2. The number of benzene rings is 1. The van der Waals surface area contributed by atoms with Gasteiger partial charge in [-0.1, -0.05) is 19.9 Å². The molecule has 3 N–H and O–H groups in total. The summed E-state index contributed by atoms with van der Waals surface area (Å²) >= 11 is 0. The average molecular weight is 265 g/mol. The summed E-state index contributed by atoms with van der Waals surface area (Å²) in [4.78, 5) is 11.9. The fourth-order valence-electron chi connectivity index (χ4n) is 1.84. The van der Waals surface area contributed by atoms with Crippen molar-refractivity contribution in [1.29, 1.82) is 0 Å². The van der Waals surface area contributed by atoms with E-state index in [2.05, 4.69) is 19.3 Å². The van der Waals surface area contributed by atoms with Gasteiger partial charge in [0.25, 0.3) is 5.91 Å². The molecule has 1 atom stereocenters. The second kappa shape index (κ2) is 6.54. The van der Waals surface area contributed by atoms with Gasteiger partial charge >= 0.3 is 0 Å². The third kappa shape index (κ3) is 3.94. The highest BCUT2D eigenvalue weighted by Crippen LogP contribution is 2.28. The van der Waals surface area contributed by atoms with Gasteiger partial charge in [-0.15, -0.1) is 0 Å². The third-order valence-electron chi connectivity index (χ3n) is 2.85. The second-order valence-electron chi connectivity index (χ2n) is 5.00. The van der Waals surface area contributed by atoms with E-state index in [-0.39, 0.29) is 5.91 Å². The molecular weight excluding hydrogens is 242 g/mol. The van der Waals surface area contributed by atoms with Crippen LogP contribution >= 0.6 is 0 Å². The van der Waals surface area contributed by atoms with Crippen molar-refractivity contribution in [2.24, 2.45) is 5.73 Å². The van der Waals surface area contributed by atoms with Crippen LogP contribution < -0.4 is 15.9 Å². The van der Waals surface area contributed by atoms with Crippen LogP contribution in [0, 0.1) is 0 Å². The fraction of sp³-hybridized carbons (Fsp3) is 0.500. The summed E-state index contributed by atoms with van der Waals surface area (Å²) in [7, 11) is 5.13. The molecule has 0 spiro atoms. The van der Waals surface area contributed by atoms with Gasteiger partial charge in [0.15, 0.2) is 0 Å². The summed E-state index contributed by atoms with van der Waals surface area (Å²) in [5.74, 6) is 0.892. The van der Waals surface area contributed by atoms with Crippen LogP contribution in [0.1, 0.15) is 36.9 Å². The van der Waals surface area contributed by atoms with Gasteiger partial charge in [-0.25, -0.2) is 5.01 Å². The topological polar surface area (TPSA) is 67.6 Å². The molecule has 1 amide bonds. The largest absolute Gasteiger partial charge is 0.496 e. The van der Waals surface area contributed by atoms with E-state index in [4.69, 9.17) is 10.5 Å². The summed E-state index contributed by atoms with van der Waals surface area (Å²) in [6.07, 6.45) is 0. The first-order valence-electron chi connectivity index (χ1n) is 6.28. The molecule has 0 aliphatic heterocycles. The quantitative estimate of drug-likeness (QED) is 0.790. The first kappa shape index (κ1) is 15.5. The molecular formula is C14H23N3O2. The summed E-state index contributed by atoms with van der Waals surface area (Å²) in [6, 6.07) is 4.92. The Labute approximate surface area is 114 Å². The van der Waals surface area contributed by atoms with E-state index in [1.165, 1.54) is 0 Å². The highest BCUT2D eigenvalue weighted by atomic mass is 16.5. The molecule has 0 heterocycles.